The molecule has 1 aliphatic rings. The number of hydrogen-bond acceptors (Lipinski definition) is 3. The van der Waals surface area contributed by atoms with E-state index in [2.05, 4.69) is 0 Å². The molecule has 0 aliphatic carbocycles. The van der Waals surface area contributed by atoms with Crippen molar-refractivity contribution in [3.05, 3.63) is 0 Å². The maximum Gasteiger partial charge on any atom is 0.310 e. The molecule has 0 saturated carbocycles. The largest absolute Gasteiger partial charge is 0.466 e. The second-order valence-corrected chi connectivity index (χ2v) is 3.78. The average molecular weight is 213 g/mol. The van der Waals surface area contributed by atoms with Gasteiger partial charge >= 0.3 is 5.97 Å². The molecule has 1 unspecified atom stereocenters. The molecule has 1 atom stereocenters. The molecular formula is C11H19NO3. The first-order chi connectivity index (χ1) is 7.19. The van der Waals surface area contributed by atoms with Crippen LogP contribution in [0.3, 0.4) is 0 Å². The zero-order chi connectivity index (χ0) is 11.3. The average Bonchev–Trinajstić information content (AvgIpc) is 2.28. The number of rotatable bonds is 3. The SMILES string of the molecule is CCOC(=O)C1CCCN(C(=O)CC)C1. The van der Waals surface area contributed by atoms with E-state index in [1.165, 1.54) is 0 Å². The molecular weight excluding hydrogens is 194 g/mol. The summed E-state index contributed by atoms with van der Waals surface area (Å²) in [5, 5.41) is 0. The van der Waals surface area contributed by atoms with E-state index in [-0.39, 0.29) is 17.8 Å². The van der Waals surface area contributed by atoms with E-state index >= 15 is 0 Å². The van der Waals surface area contributed by atoms with Gasteiger partial charge in [-0.15, -0.1) is 0 Å². The van der Waals surface area contributed by atoms with E-state index in [0.29, 0.717) is 19.6 Å². The number of nitrogens with zero attached hydrogens (tertiary/aromatic N) is 1. The highest BCUT2D eigenvalue weighted by Crippen LogP contribution is 2.18. The first kappa shape index (κ1) is 12.0. The van der Waals surface area contributed by atoms with Crippen LogP contribution < -0.4 is 0 Å². The lowest BCUT2D eigenvalue weighted by Crippen LogP contribution is -2.42. The minimum absolute atomic E-state index is 0.116. The van der Waals surface area contributed by atoms with Gasteiger partial charge in [-0.05, 0) is 19.8 Å². The summed E-state index contributed by atoms with van der Waals surface area (Å²) in [7, 11) is 0. The van der Waals surface area contributed by atoms with Gasteiger partial charge in [-0.25, -0.2) is 0 Å². The summed E-state index contributed by atoms with van der Waals surface area (Å²) in [4.78, 5) is 24.7. The molecule has 1 fully saturated rings. The Morgan fingerprint density at radius 3 is 2.73 bits per heavy atom. The molecule has 0 spiro atoms. The van der Waals surface area contributed by atoms with Gasteiger partial charge in [0, 0.05) is 19.5 Å². The molecule has 15 heavy (non-hydrogen) atoms. The first-order valence-electron chi connectivity index (χ1n) is 5.63. The summed E-state index contributed by atoms with van der Waals surface area (Å²) in [6.45, 7) is 5.37. The lowest BCUT2D eigenvalue weighted by Gasteiger charge is -2.31. The van der Waals surface area contributed by atoms with Crippen molar-refractivity contribution >= 4 is 11.9 Å². The van der Waals surface area contributed by atoms with Gasteiger partial charge in [0.25, 0.3) is 0 Å². The van der Waals surface area contributed by atoms with Crippen molar-refractivity contribution in [1.82, 2.24) is 4.90 Å². The lowest BCUT2D eigenvalue weighted by atomic mass is 9.98. The lowest BCUT2D eigenvalue weighted by molar-refractivity contribution is -0.151. The minimum Gasteiger partial charge on any atom is -0.466 e. The third-order valence-corrected chi connectivity index (χ3v) is 2.70. The Morgan fingerprint density at radius 2 is 2.13 bits per heavy atom. The van der Waals surface area contributed by atoms with Gasteiger partial charge in [0.15, 0.2) is 0 Å². The van der Waals surface area contributed by atoms with Crippen LogP contribution in [0.5, 0.6) is 0 Å². The molecule has 1 amide bonds. The van der Waals surface area contributed by atoms with E-state index in [4.69, 9.17) is 4.74 Å². The van der Waals surface area contributed by atoms with E-state index in [9.17, 15) is 9.59 Å². The number of carbonyl (C=O) groups is 2. The molecule has 1 aliphatic heterocycles. The molecule has 0 N–H and O–H groups in total. The van der Waals surface area contributed by atoms with Crippen molar-refractivity contribution in [2.75, 3.05) is 19.7 Å². The number of carbonyl (C=O) groups excluding carboxylic acids is 2. The van der Waals surface area contributed by atoms with E-state index in [1.807, 2.05) is 6.92 Å². The zero-order valence-corrected chi connectivity index (χ0v) is 9.49. The van der Waals surface area contributed by atoms with Crippen molar-refractivity contribution in [2.45, 2.75) is 33.1 Å². The Hall–Kier alpha value is -1.06. The Morgan fingerprint density at radius 1 is 1.40 bits per heavy atom. The molecule has 0 aromatic carbocycles. The van der Waals surface area contributed by atoms with Crippen LogP contribution in [-0.2, 0) is 14.3 Å². The monoisotopic (exact) mass is 213 g/mol. The standard InChI is InChI=1S/C11H19NO3/c1-3-10(13)12-7-5-6-9(8-12)11(14)15-4-2/h9H,3-8H2,1-2H3. The van der Waals surface area contributed by atoms with Gasteiger partial charge in [0.2, 0.25) is 5.91 Å². The van der Waals surface area contributed by atoms with Crippen LogP contribution in [0.2, 0.25) is 0 Å². The first-order valence-corrected chi connectivity index (χ1v) is 5.63. The highest BCUT2D eigenvalue weighted by molar-refractivity contribution is 5.78. The number of piperidine rings is 1. The number of likely N-dealkylation sites (tertiary alicyclic amines) is 1. The molecule has 4 nitrogen and oxygen atoms in total. The molecule has 1 rings (SSSR count). The Labute approximate surface area is 90.6 Å². The molecule has 4 heteroatoms. The molecule has 0 radical (unpaired) electrons. The summed E-state index contributed by atoms with van der Waals surface area (Å²) in [5.74, 6) is -0.149. The van der Waals surface area contributed by atoms with Gasteiger partial charge in [0.05, 0.1) is 12.5 Å². The molecule has 1 heterocycles. The van der Waals surface area contributed by atoms with E-state index in [0.717, 1.165) is 19.4 Å². The highest BCUT2D eigenvalue weighted by atomic mass is 16.5. The highest BCUT2D eigenvalue weighted by Gasteiger charge is 2.28. The van der Waals surface area contributed by atoms with E-state index < -0.39 is 0 Å². The minimum atomic E-state index is -0.161. The zero-order valence-electron chi connectivity index (χ0n) is 9.49. The Kier molecular flexibility index (Phi) is 4.59. The summed E-state index contributed by atoms with van der Waals surface area (Å²) < 4.78 is 4.97. The molecule has 1 saturated heterocycles. The molecule has 0 aromatic rings. The quantitative estimate of drug-likeness (QED) is 0.662. The maximum absolute atomic E-state index is 11.5. The van der Waals surface area contributed by atoms with Gasteiger partial charge in [-0.3, -0.25) is 9.59 Å². The van der Waals surface area contributed by atoms with Crippen LogP contribution in [0.15, 0.2) is 0 Å². The van der Waals surface area contributed by atoms with Crippen LogP contribution in [0.4, 0.5) is 0 Å². The van der Waals surface area contributed by atoms with Crippen LogP contribution in [0, 0.1) is 5.92 Å². The van der Waals surface area contributed by atoms with Crippen molar-refractivity contribution in [3.8, 4) is 0 Å². The van der Waals surface area contributed by atoms with Gasteiger partial charge in [-0.1, -0.05) is 6.92 Å². The van der Waals surface area contributed by atoms with Crippen LogP contribution in [-0.4, -0.2) is 36.5 Å². The third kappa shape index (κ3) is 3.22. The van der Waals surface area contributed by atoms with Crippen molar-refractivity contribution in [3.63, 3.8) is 0 Å². The molecule has 86 valence electrons. The van der Waals surface area contributed by atoms with Crippen molar-refractivity contribution < 1.29 is 14.3 Å². The number of esters is 1. The van der Waals surface area contributed by atoms with Gasteiger partial charge in [0.1, 0.15) is 0 Å². The van der Waals surface area contributed by atoms with Gasteiger partial charge in [-0.2, -0.15) is 0 Å². The van der Waals surface area contributed by atoms with Gasteiger partial charge < -0.3 is 9.64 Å². The fraction of sp³-hybridized carbons (Fsp3) is 0.818. The Balaban J connectivity index is 2.48. The summed E-state index contributed by atoms with van der Waals surface area (Å²) >= 11 is 0. The number of ether oxygens (including phenoxy) is 1. The summed E-state index contributed by atoms with van der Waals surface area (Å²) in [5.41, 5.74) is 0. The second kappa shape index (κ2) is 5.73. The molecule has 0 bridgehead atoms. The number of hydrogen-bond donors (Lipinski definition) is 0. The number of amides is 1. The predicted molar refractivity (Wildman–Crippen MR) is 56.2 cm³/mol. The summed E-state index contributed by atoms with van der Waals surface area (Å²) in [6, 6.07) is 0. The molecule has 0 aromatic heterocycles. The van der Waals surface area contributed by atoms with Crippen LogP contribution in [0.1, 0.15) is 33.1 Å². The van der Waals surface area contributed by atoms with E-state index in [1.54, 1.807) is 11.8 Å². The summed E-state index contributed by atoms with van der Waals surface area (Å²) in [6.07, 6.45) is 2.25. The Bertz CT molecular complexity index is 240. The second-order valence-electron chi connectivity index (χ2n) is 3.78. The third-order valence-electron chi connectivity index (χ3n) is 2.70. The predicted octanol–water partition coefficient (Wildman–Crippen LogP) is 1.20. The fourth-order valence-corrected chi connectivity index (χ4v) is 1.88. The van der Waals surface area contributed by atoms with Crippen molar-refractivity contribution in [1.29, 1.82) is 0 Å². The fourth-order valence-electron chi connectivity index (χ4n) is 1.88. The topological polar surface area (TPSA) is 46.6 Å². The maximum atomic E-state index is 11.5. The smallest absolute Gasteiger partial charge is 0.310 e. The van der Waals surface area contributed by atoms with Crippen LogP contribution >= 0.6 is 0 Å². The van der Waals surface area contributed by atoms with Crippen LogP contribution in [0.25, 0.3) is 0 Å². The normalized spacial score (nSPS) is 21.2. The van der Waals surface area contributed by atoms with Crippen molar-refractivity contribution in [2.24, 2.45) is 5.92 Å².